The highest BCUT2D eigenvalue weighted by Crippen LogP contribution is 2.27. The van der Waals surface area contributed by atoms with E-state index in [1.54, 1.807) is 29.3 Å². The number of aryl methyl sites for hydroxylation is 1. The lowest BCUT2D eigenvalue weighted by Gasteiger charge is -2.38. The molecule has 0 saturated carbocycles. The Hall–Kier alpha value is -3.05. The van der Waals surface area contributed by atoms with Crippen molar-refractivity contribution in [3.63, 3.8) is 0 Å². The highest BCUT2D eigenvalue weighted by molar-refractivity contribution is 6.06. The quantitative estimate of drug-likeness (QED) is 0.612. The monoisotopic (exact) mass is 403 g/mol. The molecule has 1 aliphatic rings. The van der Waals surface area contributed by atoms with Gasteiger partial charge in [-0.2, -0.15) is 0 Å². The first-order valence-corrected chi connectivity index (χ1v) is 10.4. The molecule has 4 nitrogen and oxygen atoms in total. The zero-order valence-electron chi connectivity index (χ0n) is 17.2. The van der Waals surface area contributed by atoms with Crippen molar-refractivity contribution in [3.8, 4) is 0 Å². The van der Waals surface area contributed by atoms with Crippen LogP contribution in [0.3, 0.4) is 0 Å². The number of anilines is 1. The molecule has 0 bridgehead atoms. The van der Waals surface area contributed by atoms with Crippen LogP contribution in [-0.4, -0.2) is 34.9 Å². The lowest BCUT2D eigenvalue weighted by molar-refractivity contribution is 0.0954. The van der Waals surface area contributed by atoms with Crippen LogP contribution in [0.5, 0.6) is 0 Å². The maximum absolute atomic E-state index is 14.4. The molecule has 1 aliphatic heterocycles. The summed E-state index contributed by atoms with van der Waals surface area (Å²) in [4.78, 5) is 21.8. The number of amides is 1. The normalized spacial score (nSPS) is 15.1. The van der Waals surface area contributed by atoms with Gasteiger partial charge in [0, 0.05) is 43.8 Å². The van der Waals surface area contributed by atoms with Gasteiger partial charge in [-0.3, -0.25) is 14.7 Å². The van der Waals surface area contributed by atoms with Gasteiger partial charge in [-0.25, -0.2) is 4.39 Å². The van der Waals surface area contributed by atoms with E-state index in [0.29, 0.717) is 0 Å². The summed E-state index contributed by atoms with van der Waals surface area (Å²) in [5.41, 5.74) is 3.26. The van der Waals surface area contributed by atoms with Gasteiger partial charge < -0.3 is 4.90 Å². The smallest absolute Gasteiger partial charge is 0.261 e. The van der Waals surface area contributed by atoms with Crippen LogP contribution in [0.2, 0.25) is 0 Å². The lowest BCUT2D eigenvalue weighted by Crippen LogP contribution is -2.47. The van der Waals surface area contributed by atoms with Gasteiger partial charge >= 0.3 is 0 Å². The van der Waals surface area contributed by atoms with E-state index in [9.17, 15) is 9.18 Å². The van der Waals surface area contributed by atoms with Crippen LogP contribution in [-0.2, 0) is 6.54 Å². The molecule has 154 valence electrons. The second-order valence-electron chi connectivity index (χ2n) is 7.86. The minimum atomic E-state index is -0.478. The summed E-state index contributed by atoms with van der Waals surface area (Å²) in [5, 5.41) is 0. The first-order chi connectivity index (χ1) is 14.6. The second-order valence-corrected chi connectivity index (χ2v) is 7.86. The fourth-order valence-electron chi connectivity index (χ4n) is 4.05. The number of hydrogen-bond donors (Lipinski definition) is 0. The van der Waals surface area contributed by atoms with Gasteiger partial charge in [0.15, 0.2) is 0 Å². The van der Waals surface area contributed by atoms with E-state index in [-0.39, 0.29) is 17.5 Å². The van der Waals surface area contributed by atoms with Crippen molar-refractivity contribution in [1.82, 2.24) is 9.88 Å². The van der Waals surface area contributed by atoms with Crippen LogP contribution in [0.1, 0.15) is 34.3 Å². The van der Waals surface area contributed by atoms with Gasteiger partial charge in [-0.15, -0.1) is 0 Å². The predicted octanol–water partition coefficient (Wildman–Crippen LogP) is 4.84. The minimum Gasteiger partial charge on any atom is -0.305 e. The van der Waals surface area contributed by atoms with E-state index in [1.807, 2.05) is 43.5 Å². The molecular formula is C25H26FN3O. The summed E-state index contributed by atoms with van der Waals surface area (Å²) < 4.78 is 14.4. The third-order valence-corrected chi connectivity index (χ3v) is 5.69. The van der Waals surface area contributed by atoms with Crippen LogP contribution < -0.4 is 4.90 Å². The fourth-order valence-corrected chi connectivity index (χ4v) is 4.05. The Morgan fingerprint density at radius 1 is 1.07 bits per heavy atom. The summed E-state index contributed by atoms with van der Waals surface area (Å²) in [7, 11) is 0. The van der Waals surface area contributed by atoms with Gasteiger partial charge in [-0.05, 0) is 55.7 Å². The number of piperidine rings is 1. The van der Waals surface area contributed by atoms with Crippen molar-refractivity contribution in [2.45, 2.75) is 32.4 Å². The third-order valence-electron chi connectivity index (χ3n) is 5.69. The summed E-state index contributed by atoms with van der Waals surface area (Å²) in [5.74, 6) is -0.753. The molecule has 30 heavy (non-hydrogen) atoms. The Morgan fingerprint density at radius 3 is 2.47 bits per heavy atom. The Balaban J connectivity index is 1.54. The average molecular weight is 404 g/mol. The molecule has 1 amide bonds. The molecule has 2 heterocycles. The number of rotatable bonds is 5. The Morgan fingerprint density at radius 2 is 1.80 bits per heavy atom. The number of nitrogens with zero attached hydrogens (tertiary/aromatic N) is 3. The van der Waals surface area contributed by atoms with Gasteiger partial charge in [0.05, 0.1) is 5.56 Å². The standard InChI is InChI=1S/C25H26FN3O/c1-19-8-10-21(11-9-19)29(25(30)23-6-2-3-7-24(23)26)22-12-15-28(16-13-22)18-20-5-4-14-27-17-20/h2-11,14,17,22H,12-13,15-16,18H2,1H3. The van der Waals surface area contributed by atoms with Crippen molar-refractivity contribution < 1.29 is 9.18 Å². The third kappa shape index (κ3) is 4.57. The highest BCUT2D eigenvalue weighted by atomic mass is 19.1. The number of halogens is 1. The van der Waals surface area contributed by atoms with Gasteiger partial charge in [-0.1, -0.05) is 35.9 Å². The molecule has 0 radical (unpaired) electrons. The summed E-state index contributed by atoms with van der Waals surface area (Å²) in [6.07, 6.45) is 5.36. The number of carbonyl (C=O) groups excluding carboxylic acids is 1. The summed E-state index contributed by atoms with van der Waals surface area (Å²) in [6, 6.07) is 18.2. The summed E-state index contributed by atoms with van der Waals surface area (Å²) >= 11 is 0. The van der Waals surface area contributed by atoms with E-state index in [1.165, 1.54) is 11.6 Å². The molecule has 2 aromatic carbocycles. The van der Waals surface area contributed by atoms with E-state index in [2.05, 4.69) is 16.0 Å². The molecule has 0 aliphatic carbocycles. The number of pyridine rings is 1. The number of hydrogen-bond acceptors (Lipinski definition) is 3. The first-order valence-electron chi connectivity index (χ1n) is 10.4. The van der Waals surface area contributed by atoms with E-state index in [0.717, 1.165) is 43.7 Å². The SMILES string of the molecule is Cc1ccc(N(C(=O)c2ccccc2F)C2CCN(Cc3cccnc3)CC2)cc1. The number of carbonyl (C=O) groups is 1. The minimum absolute atomic E-state index is 0.0324. The molecule has 0 spiro atoms. The van der Waals surface area contributed by atoms with E-state index >= 15 is 0 Å². The fraction of sp³-hybridized carbons (Fsp3) is 0.280. The van der Waals surface area contributed by atoms with Crippen LogP contribution in [0.25, 0.3) is 0 Å². The van der Waals surface area contributed by atoms with Crippen molar-refractivity contribution in [3.05, 3.63) is 95.6 Å². The van der Waals surface area contributed by atoms with Crippen molar-refractivity contribution in [2.75, 3.05) is 18.0 Å². The first kappa shape index (κ1) is 20.2. The van der Waals surface area contributed by atoms with E-state index < -0.39 is 5.82 Å². The van der Waals surface area contributed by atoms with E-state index in [4.69, 9.17) is 0 Å². The molecule has 0 N–H and O–H groups in total. The largest absolute Gasteiger partial charge is 0.305 e. The Kier molecular flexibility index (Phi) is 6.19. The molecule has 1 fully saturated rings. The highest BCUT2D eigenvalue weighted by Gasteiger charge is 2.31. The maximum atomic E-state index is 14.4. The summed E-state index contributed by atoms with van der Waals surface area (Å²) in [6.45, 7) is 4.63. The topological polar surface area (TPSA) is 36.4 Å². The van der Waals surface area contributed by atoms with Gasteiger partial charge in [0.2, 0.25) is 0 Å². The molecule has 3 aromatic rings. The van der Waals surface area contributed by atoms with Crippen molar-refractivity contribution >= 4 is 11.6 Å². The molecule has 0 unspecified atom stereocenters. The van der Waals surface area contributed by atoms with Gasteiger partial charge in [0.25, 0.3) is 5.91 Å². The zero-order valence-corrected chi connectivity index (χ0v) is 17.2. The lowest BCUT2D eigenvalue weighted by atomic mass is 10.00. The Bertz CT molecular complexity index is 983. The molecular weight excluding hydrogens is 377 g/mol. The zero-order chi connectivity index (χ0) is 20.9. The molecule has 0 atom stereocenters. The van der Waals surface area contributed by atoms with Crippen LogP contribution in [0, 0.1) is 12.7 Å². The van der Waals surface area contributed by atoms with Crippen molar-refractivity contribution in [2.24, 2.45) is 0 Å². The van der Waals surface area contributed by atoms with Crippen LogP contribution >= 0.6 is 0 Å². The van der Waals surface area contributed by atoms with Crippen molar-refractivity contribution in [1.29, 1.82) is 0 Å². The maximum Gasteiger partial charge on any atom is 0.261 e. The molecule has 4 rings (SSSR count). The van der Waals surface area contributed by atoms with Gasteiger partial charge in [0.1, 0.15) is 5.82 Å². The number of benzene rings is 2. The number of aromatic nitrogens is 1. The second kappa shape index (κ2) is 9.18. The van der Waals surface area contributed by atoms with Crippen LogP contribution in [0.4, 0.5) is 10.1 Å². The molecule has 1 saturated heterocycles. The predicted molar refractivity (Wildman–Crippen MR) is 117 cm³/mol. The van der Waals surface area contributed by atoms with Crippen LogP contribution in [0.15, 0.2) is 73.1 Å². The average Bonchev–Trinajstić information content (AvgIpc) is 2.77. The molecule has 1 aromatic heterocycles. The number of likely N-dealkylation sites (tertiary alicyclic amines) is 1. The molecule has 5 heteroatoms. The Labute approximate surface area is 177 Å².